The first-order chi connectivity index (χ1) is 10.6. The van der Waals surface area contributed by atoms with E-state index in [0.29, 0.717) is 18.1 Å². The number of aryl methyl sites for hydroxylation is 2. The standard InChI is InChI=1S/C15H16ClN5O/c1-9-13(10(2)22-19-9)8-21-15(14(7-17)18-20-21)11-4-3-5-12(16)6-11/h3-6H,7-8,17H2,1-2H3. The van der Waals surface area contributed by atoms with Crippen LogP contribution in [0.15, 0.2) is 28.8 Å². The van der Waals surface area contributed by atoms with E-state index in [4.69, 9.17) is 21.9 Å². The van der Waals surface area contributed by atoms with Gasteiger partial charge in [0.25, 0.3) is 0 Å². The van der Waals surface area contributed by atoms with Crippen LogP contribution in [0.1, 0.15) is 22.7 Å². The molecule has 3 aromatic rings. The Morgan fingerprint density at radius 3 is 2.77 bits per heavy atom. The zero-order valence-corrected chi connectivity index (χ0v) is 13.1. The molecule has 2 N–H and O–H groups in total. The number of hydrogen-bond donors (Lipinski definition) is 1. The summed E-state index contributed by atoms with van der Waals surface area (Å²) in [7, 11) is 0. The van der Waals surface area contributed by atoms with Crippen molar-refractivity contribution in [2.24, 2.45) is 5.73 Å². The molecule has 0 aliphatic rings. The molecule has 0 radical (unpaired) electrons. The van der Waals surface area contributed by atoms with E-state index in [2.05, 4.69) is 15.5 Å². The maximum Gasteiger partial charge on any atom is 0.138 e. The molecule has 22 heavy (non-hydrogen) atoms. The number of nitrogens with zero attached hydrogens (tertiary/aromatic N) is 4. The Bertz CT molecular complexity index is 789. The van der Waals surface area contributed by atoms with Crippen molar-refractivity contribution in [3.63, 3.8) is 0 Å². The minimum absolute atomic E-state index is 0.309. The van der Waals surface area contributed by atoms with Gasteiger partial charge in [-0.2, -0.15) is 0 Å². The van der Waals surface area contributed by atoms with Crippen LogP contribution in [0.5, 0.6) is 0 Å². The van der Waals surface area contributed by atoms with E-state index in [9.17, 15) is 0 Å². The Morgan fingerprint density at radius 1 is 1.32 bits per heavy atom. The van der Waals surface area contributed by atoms with E-state index in [1.807, 2.05) is 38.1 Å². The summed E-state index contributed by atoms with van der Waals surface area (Å²) < 4.78 is 7.01. The number of nitrogens with two attached hydrogens (primary N) is 1. The van der Waals surface area contributed by atoms with Crippen LogP contribution < -0.4 is 5.73 Å². The zero-order valence-electron chi connectivity index (χ0n) is 12.4. The molecule has 3 rings (SSSR count). The molecule has 0 spiro atoms. The average molecular weight is 318 g/mol. The quantitative estimate of drug-likeness (QED) is 0.800. The summed E-state index contributed by atoms with van der Waals surface area (Å²) in [6.07, 6.45) is 0. The monoisotopic (exact) mass is 317 g/mol. The van der Waals surface area contributed by atoms with E-state index in [1.165, 1.54) is 0 Å². The van der Waals surface area contributed by atoms with Gasteiger partial charge in [0.1, 0.15) is 11.5 Å². The number of aromatic nitrogens is 4. The maximum absolute atomic E-state index is 6.10. The molecule has 0 fully saturated rings. The Kier molecular flexibility index (Phi) is 3.96. The lowest BCUT2D eigenvalue weighted by molar-refractivity contribution is 0.391. The molecule has 0 saturated heterocycles. The number of halogens is 1. The summed E-state index contributed by atoms with van der Waals surface area (Å²) in [4.78, 5) is 0. The zero-order chi connectivity index (χ0) is 15.7. The van der Waals surface area contributed by atoms with Gasteiger partial charge in [0.2, 0.25) is 0 Å². The summed E-state index contributed by atoms with van der Waals surface area (Å²) >= 11 is 6.10. The Balaban J connectivity index is 2.08. The molecule has 0 aliphatic carbocycles. The van der Waals surface area contributed by atoms with Crippen molar-refractivity contribution >= 4 is 11.6 Å². The van der Waals surface area contributed by atoms with Crippen molar-refractivity contribution in [2.45, 2.75) is 26.9 Å². The Morgan fingerprint density at radius 2 is 2.14 bits per heavy atom. The van der Waals surface area contributed by atoms with E-state index >= 15 is 0 Å². The summed E-state index contributed by atoms with van der Waals surface area (Å²) in [5.41, 5.74) is 10.2. The molecule has 114 valence electrons. The van der Waals surface area contributed by atoms with Gasteiger partial charge < -0.3 is 10.3 Å². The third kappa shape index (κ3) is 2.63. The van der Waals surface area contributed by atoms with E-state index in [0.717, 1.165) is 34.0 Å². The Labute approximate surface area is 132 Å². The first-order valence-electron chi connectivity index (χ1n) is 6.90. The van der Waals surface area contributed by atoms with Crippen molar-refractivity contribution in [2.75, 3.05) is 0 Å². The van der Waals surface area contributed by atoms with Crippen LogP contribution in [-0.2, 0) is 13.1 Å². The van der Waals surface area contributed by atoms with Crippen LogP contribution >= 0.6 is 11.6 Å². The SMILES string of the molecule is Cc1noc(C)c1Cn1nnc(CN)c1-c1cccc(Cl)c1. The lowest BCUT2D eigenvalue weighted by Crippen LogP contribution is -2.07. The van der Waals surface area contributed by atoms with Crippen molar-refractivity contribution in [1.29, 1.82) is 0 Å². The predicted octanol–water partition coefficient (Wildman–Crippen LogP) is 2.71. The minimum Gasteiger partial charge on any atom is -0.361 e. The third-order valence-corrected chi connectivity index (χ3v) is 3.82. The molecule has 2 heterocycles. The number of rotatable bonds is 4. The summed E-state index contributed by atoms with van der Waals surface area (Å²) in [5, 5.41) is 13.0. The number of hydrogen-bond acceptors (Lipinski definition) is 5. The second kappa shape index (κ2) is 5.90. The molecule has 0 amide bonds. The first kappa shape index (κ1) is 14.7. The van der Waals surface area contributed by atoms with Gasteiger partial charge in [-0.1, -0.05) is 34.1 Å². The Hall–Kier alpha value is -2.18. The number of benzene rings is 1. The highest BCUT2D eigenvalue weighted by atomic mass is 35.5. The molecular formula is C15H16ClN5O. The predicted molar refractivity (Wildman–Crippen MR) is 83.4 cm³/mol. The highest BCUT2D eigenvalue weighted by Gasteiger charge is 2.17. The lowest BCUT2D eigenvalue weighted by atomic mass is 10.1. The molecule has 7 heteroatoms. The van der Waals surface area contributed by atoms with Crippen molar-refractivity contribution < 1.29 is 4.52 Å². The first-order valence-corrected chi connectivity index (χ1v) is 7.28. The van der Waals surface area contributed by atoms with E-state index in [-0.39, 0.29) is 0 Å². The molecule has 0 saturated carbocycles. The molecular weight excluding hydrogens is 302 g/mol. The molecule has 1 aromatic carbocycles. The van der Waals surface area contributed by atoms with Crippen LogP contribution in [0.2, 0.25) is 5.02 Å². The van der Waals surface area contributed by atoms with E-state index in [1.54, 1.807) is 4.68 Å². The smallest absolute Gasteiger partial charge is 0.138 e. The fraction of sp³-hybridized carbons (Fsp3) is 0.267. The molecule has 0 unspecified atom stereocenters. The van der Waals surface area contributed by atoms with Crippen LogP contribution in [0.4, 0.5) is 0 Å². The van der Waals surface area contributed by atoms with Gasteiger partial charge in [0, 0.05) is 22.7 Å². The van der Waals surface area contributed by atoms with Crippen LogP contribution in [0, 0.1) is 13.8 Å². The summed E-state index contributed by atoms with van der Waals surface area (Å²) in [6, 6.07) is 7.57. The third-order valence-electron chi connectivity index (χ3n) is 3.59. The van der Waals surface area contributed by atoms with Crippen LogP contribution in [0.25, 0.3) is 11.3 Å². The van der Waals surface area contributed by atoms with Crippen LogP contribution in [-0.4, -0.2) is 20.2 Å². The highest BCUT2D eigenvalue weighted by molar-refractivity contribution is 6.30. The van der Waals surface area contributed by atoms with Crippen molar-refractivity contribution in [1.82, 2.24) is 20.2 Å². The van der Waals surface area contributed by atoms with Gasteiger partial charge in [0.15, 0.2) is 0 Å². The van der Waals surface area contributed by atoms with Gasteiger partial charge in [0.05, 0.1) is 17.9 Å². The fourth-order valence-electron chi connectivity index (χ4n) is 2.43. The van der Waals surface area contributed by atoms with Gasteiger partial charge in [-0.25, -0.2) is 4.68 Å². The molecule has 0 bridgehead atoms. The molecule has 2 aromatic heterocycles. The average Bonchev–Trinajstić information content (AvgIpc) is 3.05. The topological polar surface area (TPSA) is 82.8 Å². The normalized spacial score (nSPS) is 11.1. The molecule has 0 aliphatic heterocycles. The van der Waals surface area contributed by atoms with Crippen molar-refractivity contribution in [3.8, 4) is 11.3 Å². The summed E-state index contributed by atoms with van der Waals surface area (Å²) in [5.74, 6) is 0.777. The van der Waals surface area contributed by atoms with Gasteiger partial charge in [-0.3, -0.25) is 0 Å². The van der Waals surface area contributed by atoms with Gasteiger partial charge in [-0.05, 0) is 26.0 Å². The lowest BCUT2D eigenvalue weighted by Gasteiger charge is -2.08. The second-order valence-corrected chi connectivity index (χ2v) is 5.50. The van der Waals surface area contributed by atoms with Crippen LogP contribution in [0.3, 0.4) is 0 Å². The molecule has 0 atom stereocenters. The highest BCUT2D eigenvalue weighted by Crippen LogP contribution is 2.26. The largest absolute Gasteiger partial charge is 0.361 e. The molecule has 6 nitrogen and oxygen atoms in total. The van der Waals surface area contributed by atoms with Crippen molar-refractivity contribution in [3.05, 3.63) is 52.0 Å². The second-order valence-electron chi connectivity index (χ2n) is 5.06. The maximum atomic E-state index is 6.10. The minimum atomic E-state index is 0.309. The van der Waals surface area contributed by atoms with E-state index < -0.39 is 0 Å². The summed E-state index contributed by atoms with van der Waals surface area (Å²) in [6.45, 7) is 4.63. The van der Waals surface area contributed by atoms with Gasteiger partial charge >= 0.3 is 0 Å². The van der Waals surface area contributed by atoms with Gasteiger partial charge in [-0.15, -0.1) is 5.10 Å². The fourth-order valence-corrected chi connectivity index (χ4v) is 2.62.